The standard InChI is InChI=1S/C16H18F2N2O/c1-19-14-10(17)5-9(6-11(14)18)16(21)20-15-12-7-2-3-8(4-7)13(12)15/h5-8,12-13,15,19H,2-4H2,1H3,(H,20,21). The molecule has 1 aromatic carbocycles. The van der Waals surface area contributed by atoms with Crippen molar-refractivity contribution in [2.75, 3.05) is 12.4 Å². The van der Waals surface area contributed by atoms with Gasteiger partial charge < -0.3 is 10.6 Å². The van der Waals surface area contributed by atoms with Crippen LogP contribution in [0.5, 0.6) is 0 Å². The summed E-state index contributed by atoms with van der Waals surface area (Å²) >= 11 is 0. The molecule has 0 spiro atoms. The van der Waals surface area contributed by atoms with Crippen LogP contribution in [-0.2, 0) is 0 Å². The number of rotatable bonds is 3. The number of carbonyl (C=O) groups excluding carboxylic acids is 1. The average molecular weight is 292 g/mol. The zero-order valence-corrected chi connectivity index (χ0v) is 11.8. The summed E-state index contributed by atoms with van der Waals surface area (Å²) in [6.07, 6.45) is 3.86. The summed E-state index contributed by atoms with van der Waals surface area (Å²) in [5, 5.41) is 5.43. The molecule has 21 heavy (non-hydrogen) atoms. The number of carbonyl (C=O) groups is 1. The van der Waals surface area contributed by atoms with Crippen molar-refractivity contribution in [3.63, 3.8) is 0 Å². The van der Waals surface area contributed by atoms with E-state index in [9.17, 15) is 13.6 Å². The first-order valence-electron chi connectivity index (χ1n) is 7.58. The number of amides is 1. The Morgan fingerprint density at radius 1 is 1.14 bits per heavy atom. The van der Waals surface area contributed by atoms with E-state index in [2.05, 4.69) is 10.6 Å². The highest BCUT2D eigenvalue weighted by molar-refractivity contribution is 5.95. The molecule has 0 aromatic heterocycles. The summed E-state index contributed by atoms with van der Waals surface area (Å²) in [6.45, 7) is 0. The van der Waals surface area contributed by atoms with Crippen LogP contribution in [0.1, 0.15) is 29.6 Å². The zero-order chi connectivity index (χ0) is 14.7. The molecule has 2 bridgehead atoms. The zero-order valence-electron chi connectivity index (χ0n) is 11.8. The van der Waals surface area contributed by atoms with Crippen LogP contribution in [0, 0.1) is 35.3 Å². The molecule has 3 saturated carbocycles. The van der Waals surface area contributed by atoms with E-state index in [1.165, 1.54) is 26.3 Å². The summed E-state index contributed by atoms with van der Waals surface area (Å²) in [5.41, 5.74) is -0.144. The number of hydrogen-bond acceptors (Lipinski definition) is 2. The molecule has 1 aromatic rings. The lowest BCUT2D eigenvalue weighted by atomic mass is 10.0. The Morgan fingerprint density at radius 3 is 2.24 bits per heavy atom. The summed E-state index contributed by atoms with van der Waals surface area (Å²) in [4.78, 5) is 12.2. The van der Waals surface area contributed by atoms with E-state index in [1.807, 2.05) is 0 Å². The number of fused-ring (bicyclic) bond motifs is 5. The molecular formula is C16H18F2N2O. The number of benzene rings is 1. The van der Waals surface area contributed by atoms with Crippen LogP contribution in [0.25, 0.3) is 0 Å². The highest BCUT2D eigenvalue weighted by Gasteiger charge is 2.65. The van der Waals surface area contributed by atoms with Gasteiger partial charge >= 0.3 is 0 Å². The van der Waals surface area contributed by atoms with Crippen LogP contribution in [-0.4, -0.2) is 19.0 Å². The maximum absolute atomic E-state index is 13.7. The van der Waals surface area contributed by atoms with E-state index in [4.69, 9.17) is 0 Å². The fraction of sp³-hybridized carbons (Fsp3) is 0.562. The van der Waals surface area contributed by atoms with Gasteiger partial charge in [0.05, 0.1) is 0 Å². The van der Waals surface area contributed by atoms with Gasteiger partial charge in [-0.05, 0) is 55.1 Å². The monoisotopic (exact) mass is 292 g/mol. The van der Waals surface area contributed by atoms with Gasteiger partial charge in [0.2, 0.25) is 0 Å². The van der Waals surface area contributed by atoms with Crippen molar-refractivity contribution in [2.24, 2.45) is 23.7 Å². The SMILES string of the molecule is CNc1c(F)cc(C(=O)NC2C3C4CCC(C4)C23)cc1F. The largest absolute Gasteiger partial charge is 0.383 e. The molecule has 0 heterocycles. The Kier molecular flexibility index (Phi) is 2.75. The minimum Gasteiger partial charge on any atom is -0.383 e. The van der Waals surface area contributed by atoms with Gasteiger partial charge in [-0.3, -0.25) is 4.79 Å². The van der Waals surface area contributed by atoms with E-state index in [1.54, 1.807) is 0 Å². The van der Waals surface area contributed by atoms with Crippen LogP contribution in [0.15, 0.2) is 12.1 Å². The predicted octanol–water partition coefficient (Wildman–Crippen LogP) is 2.78. The van der Waals surface area contributed by atoms with Crippen molar-refractivity contribution in [1.29, 1.82) is 0 Å². The molecule has 4 unspecified atom stereocenters. The minimum absolute atomic E-state index is 0.0568. The summed E-state index contributed by atoms with van der Waals surface area (Å²) < 4.78 is 27.4. The summed E-state index contributed by atoms with van der Waals surface area (Å²) in [6, 6.07) is 2.41. The Balaban J connectivity index is 1.49. The first-order valence-corrected chi connectivity index (χ1v) is 7.58. The molecule has 3 aliphatic rings. The van der Waals surface area contributed by atoms with E-state index in [0.29, 0.717) is 11.8 Å². The first kappa shape index (κ1) is 13.0. The molecule has 112 valence electrons. The van der Waals surface area contributed by atoms with Gasteiger partial charge in [-0.25, -0.2) is 8.78 Å². The van der Waals surface area contributed by atoms with Crippen molar-refractivity contribution in [3.8, 4) is 0 Å². The van der Waals surface area contributed by atoms with Crippen molar-refractivity contribution < 1.29 is 13.6 Å². The third-order valence-corrected chi connectivity index (χ3v) is 5.59. The topological polar surface area (TPSA) is 41.1 Å². The summed E-state index contributed by atoms with van der Waals surface area (Å²) in [7, 11) is 1.45. The van der Waals surface area contributed by atoms with Crippen LogP contribution < -0.4 is 10.6 Å². The van der Waals surface area contributed by atoms with Crippen LogP contribution in [0.2, 0.25) is 0 Å². The fourth-order valence-corrected chi connectivity index (χ4v) is 4.70. The lowest BCUT2D eigenvalue weighted by molar-refractivity contribution is 0.0943. The van der Waals surface area contributed by atoms with Crippen molar-refractivity contribution in [3.05, 3.63) is 29.3 Å². The molecule has 1 amide bonds. The second-order valence-corrected chi connectivity index (χ2v) is 6.55. The third-order valence-electron chi connectivity index (χ3n) is 5.59. The van der Waals surface area contributed by atoms with E-state index in [0.717, 1.165) is 24.0 Å². The van der Waals surface area contributed by atoms with Crippen molar-refractivity contribution in [1.82, 2.24) is 5.32 Å². The lowest BCUT2D eigenvalue weighted by Crippen LogP contribution is -2.30. The van der Waals surface area contributed by atoms with Crippen molar-refractivity contribution >= 4 is 11.6 Å². The fourth-order valence-electron chi connectivity index (χ4n) is 4.70. The van der Waals surface area contributed by atoms with Gasteiger partial charge in [0.25, 0.3) is 5.91 Å². The van der Waals surface area contributed by atoms with Crippen LogP contribution in [0.3, 0.4) is 0 Å². The van der Waals surface area contributed by atoms with Gasteiger partial charge in [0.15, 0.2) is 0 Å². The number of hydrogen-bond donors (Lipinski definition) is 2. The predicted molar refractivity (Wildman–Crippen MR) is 75.0 cm³/mol. The molecule has 0 saturated heterocycles. The first-order chi connectivity index (χ1) is 10.1. The lowest BCUT2D eigenvalue weighted by Gasteiger charge is -2.12. The van der Waals surface area contributed by atoms with Crippen LogP contribution >= 0.6 is 0 Å². The Hall–Kier alpha value is -1.65. The van der Waals surface area contributed by atoms with Gasteiger partial charge in [0.1, 0.15) is 17.3 Å². The average Bonchev–Trinajstić information content (AvgIpc) is 2.83. The van der Waals surface area contributed by atoms with E-state index >= 15 is 0 Å². The molecule has 4 rings (SSSR count). The van der Waals surface area contributed by atoms with E-state index in [-0.39, 0.29) is 23.2 Å². The number of anilines is 1. The van der Waals surface area contributed by atoms with Gasteiger partial charge in [-0.15, -0.1) is 0 Å². The van der Waals surface area contributed by atoms with Gasteiger partial charge in [-0.2, -0.15) is 0 Å². The highest BCUT2D eigenvalue weighted by Crippen LogP contribution is 2.65. The van der Waals surface area contributed by atoms with Crippen LogP contribution in [0.4, 0.5) is 14.5 Å². The highest BCUT2D eigenvalue weighted by atomic mass is 19.1. The maximum Gasteiger partial charge on any atom is 0.251 e. The quantitative estimate of drug-likeness (QED) is 0.899. The molecule has 3 aliphatic carbocycles. The van der Waals surface area contributed by atoms with Gasteiger partial charge in [0, 0.05) is 18.7 Å². The van der Waals surface area contributed by atoms with Crippen molar-refractivity contribution in [2.45, 2.75) is 25.3 Å². The number of nitrogens with one attached hydrogen (secondary N) is 2. The molecule has 0 aliphatic heterocycles. The molecule has 3 nitrogen and oxygen atoms in total. The second-order valence-electron chi connectivity index (χ2n) is 6.55. The third kappa shape index (κ3) is 1.86. The maximum atomic E-state index is 13.7. The molecule has 2 N–H and O–H groups in total. The molecule has 0 radical (unpaired) electrons. The minimum atomic E-state index is -0.737. The Labute approximate surface area is 122 Å². The Bertz CT molecular complexity index is 579. The van der Waals surface area contributed by atoms with E-state index < -0.39 is 11.6 Å². The molecular weight excluding hydrogens is 274 g/mol. The summed E-state index contributed by atoms with van der Waals surface area (Å²) in [5.74, 6) is 0.889. The molecule has 3 fully saturated rings. The number of halogens is 2. The molecule has 4 atom stereocenters. The molecule has 5 heteroatoms. The smallest absolute Gasteiger partial charge is 0.251 e. The normalized spacial score (nSPS) is 35.5. The second kappa shape index (κ2) is 4.42. The Morgan fingerprint density at radius 2 is 1.71 bits per heavy atom. The van der Waals surface area contributed by atoms with Gasteiger partial charge in [-0.1, -0.05) is 0 Å².